The highest BCUT2D eigenvalue weighted by Gasteiger charge is 2.23. The van der Waals surface area contributed by atoms with E-state index in [2.05, 4.69) is 9.46 Å². The van der Waals surface area contributed by atoms with Crippen molar-refractivity contribution in [1.82, 2.24) is 4.72 Å². The van der Waals surface area contributed by atoms with Gasteiger partial charge in [0.1, 0.15) is 10.9 Å². The number of ether oxygens (including phenoxy) is 1. The molecule has 9 heteroatoms. The smallest absolute Gasteiger partial charge is 0.322 e. The molecule has 108 valence electrons. The van der Waals surface area contributed by atoms with Crippen molar-refractivity contribution in [2.45, 2.75) is 17.4 Å². The number of hydrogen-bond acceptors (Lipinski definition) is 7. The molecule has 1 aromatic carbocycles. The van der Waals surface area contributed by atoms with Crippen molar-refractivity contribution in [1.29, 1.82) is 0 Å². The summed E-state index contributed by atoms with van der Waals surface area (Å²) in [5, 5.41) is 19.8. The molecule has 1 atom stereocenters. The lowest BCUT2D eigenvalue weighted by atomic mass is 10.2. The minimum atomic E-state index is -1.25. The van der Waals surface area contributed by atoms with E-state index in [1.54, 1.807) is 6.07 Å². The van der Waals surface area contributed by atoms with Gasteiger partial charge >= 0.3 is 11.9 Å². The second-order valence-electron chi connectivity index (χ2n) is 3.62. The SMILES string of the molecule is COC(=O)C[C@@H](NSc1ccccc1[N+](=O)[O-])C(=O)O. The highest BCUT2D eigenvalue weighted by atomic mass is 32.2. The molecule has 0 aromatic heterocycles. The van der Waals surface area contributed by atoms with Crippen LogP contribution in [-0.2, 0) is 14.3 Å². The van der Waals surface area contributed by atoms with Gasteiger partial charge in [-0.15, -0.1) is 0 Å². The Hall–Kier alpha value is -2.13. The third kappa shape index (κ3) is 4.52. The maximum atomic E-state index is 11.1. The lowest BCUT2D eigenvalue weighted by Crippen LogP contribution is -2.34. The van der Waals surface area contributed by atoms with Gasteiger partial charge in [-0.2, -0.15) is 0 Å². The number of carbonyl (C=O) groups is 2. The fourth-order valence-corrected chi connectivity index (χ4v) is 2.11. The number of para-hydroxylation sites is 1. The second-order valence-corrected chi connectivity index (χ2v) is 4.50. The molecular formula is C11H12N2O6S. The molecule has 20 heavy (non-hydrogen) atoms. The molecule has 0 saturated carbocycles. The van der Waals surface area contributed by atoms with Crippen molar-refractivity contribution < 1.29 is 24.4 Å². The largest absolute Gasteiger partial charge is 0.480 e. The Bertz CT molecular complexity index is 521. The van der Waals surface area contributed by atoms with E-state index in [4.69, 9.17) is 5.11 Å². The van der Waals surface area contributed by atoms with Gasteiger partial charge in [0.15, 0.2) is 0 Å². The quantitative estimate of drug-likeness (QED) is 0.334. The summed E-state index contributed by atoms with van der Waals surface area (Å²) in [4.78, 5) is 32.5. The topological polar surface area (TPSA) is 119 Å². The lowest BCUT2D eigenvalue weighted by Gasteiger charge is -2.12. The van der Waals surface area contributed by atoms with Crippen LogP contribution in [0.15, 0.2) is 29.2 Å². The van der Waals surface area contributed by atoms with Crippen LogP contribution < -0.4 is 4.72 Å². The van der Waals surface area contributed by atoms with E-state index in [0.717, 1.165) is 19.1 Å². The van der Waals surface area contributed by atoms with Crippen molar-refractivity contribution >= 4 is 29.6 Å². The number of carbonyl (C=O) groups excluding carboxylic acids is 1. The first-order valence-electron chi connectivity index (χ1n) is 5.41. The maximum Gasteiger partial charge on any atom is 0.322 e. The number of nitro benzene ring substituents is 1. The Morgan fingerprint density at radius 1 is 1.50 bits per heavy atom. The van der Waals surface area contributed by atoms with Gasteiger partial charge in [-0.25, -0.2) is 4.72 Å². The van der Waals surface area contributed by atoms with Crippen molar-refractivity contribution in [3.05, 3.63) is 34.4 Å². The van der Waals surface area contributed by atoms with Crippen molar-refractivity contribution in [2.75, 3.05) is 7.11 Å². The summed E-state index contributed by atoms with van der Waals surface area (Å²) in [6, 6.07) is 4.68. The number of nitro groups is 1. The van der Waals surface area contributed by atoms with Gasteiger partial charge in [0.05, 0.1) is 18.5 Å². The number of rotatable bonds is 7. The summed E-state index contributed by atoms with van der Waals surface area (Å²) in [6.45, 7) is 0. The van der Waals surface area contributed by atoms with Crippen LogP contribution in [-0.4, -0.2) is 35.1 Å². The van der Waals surface area contributed by atoms with Crippen LogP contribution in [0.4, 0.5) is 5.69 Å². The summed E-state index contributed by atoms with van der Waals surface area (Å²) in [5.41, 5.74) is -0.146. The van der Waals surface area contributed by atoms with Gasteiger partial charge in [-0.1, -0.05) is 12.1 Å². The fraction of sp³-hybridized carbons (Fsp3) is 0.273. The second kappa shape index (κ2) is 7.46. The Balaban J connectivity index is 2.75. The Labute approximate surface area is 118 Å². The number of methoxy groups -OCH3 is 1. The fourth-order valence-electron chi connectivity index (χ4n) is 1.26. The summed E-state index contributed by atoms with van der Waals surface area (Å²) in [6.07, 6.45) is -0.376. The van der Waals surface area contributed by atoms with Crippen molar-refractivity contribution in [3.8, 4) is 0 Å². The predicted molar refractivity (Wildman–Crippen MR) is 70.1 cm³/mol. The molecule has 0 radical (unpaired) electrons. The first kappa shape index (κ1) is 15.9. The molecule has 0 aliphatic heterocycles. The molecular weight excluding hydrogens is 288 g/mol. The maximum absolute atomic E-state index is 11.1. The molecule has 0 amide bonds. The summed E-state index contributed by atoms with van der Waals surface area (Å²) < 4.78 is 6.89. The summed E-state index contributed by atoms with van der Waals surface area (Å²) in [7, 11) is 1.15. The van der Waals surface area contributed by atoms with E-state index in [-0.39, 0.29) is 17.0 Å². The Kier molecular flexibility index (Phi) is 5.94. The lowest BCUT2D eigenvalue weighted by molar-refractivity contribution is -0.387. The molecule has 8 nitrogen and oxygen atoms in total. The molecule has 0 unspecified atom stereocenters. The Morgan fingerprint density at radius 2 is 2.15 bits per heavy atom. The normalized spacial score (nSPS) is 11.7. The monoisotopic (exact) mass is 300 g/mol. The third-order valence-electron chi connectivity index (χ3n) is 2.27. The summed E-state index contributed by atoms with van der Waals surface area (Å²) in [5.74, 6) is -1.94. The zero-order valence-electron chi connectivity index (χ0n) is 10.4. The minimum absolute atomic E-state index is 0.146. The Morgan fingerprint density at radius 3 is 2.70 bits per heavy atom. The van der Waals surface area contributed by atoms with E-state index in [1.165, 1.54) is 18.2 Å². The molecule has 0 bridgehead atoms. The number of esters is 1. The standard InChI is InChI=1S/C11H12N2O6S/c1-19-10(14)6-7(11(15)16)12-20-9-5-3-2-4-8(9)13(17)18/h2-5,7,12H,6H2,1H3,(H,15,16)/t7-/m1/s1. The van der Waals surface area contributed by atoms with Crippen LogP contribution in [0.5, 0.6) is 0 Å². The summed E-state index contributed by atoms with van der Waals surface area (Å²) >= 11 is 0.784. The van der Waals surface area contributed by atoms with Crippen molar-refractivity contribution in [2.24, 2.45) is 0 Å². The molecule has 0 aliphatic rings. The van der Waals surface area contributed by atoms with Crippen LogP contribution in [0.1, 0.15) is 6.42 Å². The number of carboxylic acid groups (broad SMARTS) is 1. The molecule has 0 saturated heterocycles. The number of benzene rings is 1. The highest BCUT2D eigenvalue weighted by molar-refractivity contribution is 7.97. The van der Waals surface area contributed by atoms with Gasteiger partial charge in [0.2, 0.25) is 0 Å². The minimum Gasteiger partial charge on any atom is -0.480 e. The zero-order valence-corrected chi connectivity index (χ0v) is 11.3. The van der Waals surface area contributed by atoms with E-state index in [1.807, 2.05) is 0 Å². The van der Waals surface area contributed by atoms with E-state index in [0.29, 0.717) is 0 Å². The van der Waals surface area contributed by atoms with Crippen molar-refractivity contribution in [3.63, 3.8) is 0 Å². The van der Waals surface area contributed by atoms with Crippen LogP contribution in [0.25, 0.3) is 0 Å². The average molecular weight is 300 g/mol. The molecule has 0 spiro atoms. The van der Waals surface area contributed by atoms with Gasteiger partial charge in [-0.05, 0) is 18.0 Å². The molecule has 2 N–H and O–H groups in total. The molecule has 1 aromatic rings. The van der Waals surface area contributed by atoms with Gasteiger partial charge in [0.25, 0.3) is 5.69 Å². The highest BCUT2D eigenvalue weighted by Crippen LogP contribution is 2.27. The van der Waals surface area contributed by atoms with Crippen LogP contribution in [0, 0.1) is 10.1 Å². The van der Waals surface area contributed by atoms with Crippen LogP contribution in [0.3, 0.4) is 0 Å². The van der Waals surface area contributed by atoms with Crippen LogP contribution in [0.2, 0.25) is 0 Å². The number of hydrogen-bond donors (Lipinski definition) is 2. The molecule has 1 rings (SSSR count). The molecule has 0 heterocycles. The first-order valence-corrected chi connectivity index (χ1v) is 6.22. The molecule has 0 aliphatic carbocycles. The van der Waals surface area contributed by atoms with E-state index >= 15 is 0 Å². The van der Waals surface area contributed by atoms with Gasteiger partial charge in [0, 0.05) is 6.07 Å². The molecule has 0 fully saturated rings. The number of nitrogens with zero attached hydrogens (tertiary/aromatic N) is 1. The number of carboxylic acids is 1. The number of aliphatic carboxylic acids is 1. The van der Waals surface area contributed by atoms with Crippen LogP contribution >= 0.6 is 11.9 Å². The third-order valence-corrected chi connectivity index (χ3v) is 3.24. The first-order chi connectivity index (χ1) is 9.45. The van der Waals surface area contributed by atoms with Gasteiger partial charge in [-0.3, -0.25) is 19.7 Å². The van der Waals surface area contributed by atoms with Gasteiger partial charge < -0.3 is 9.84 Å². The average Bonchev–Trinajstić information content (AvgIpc) is 2.42. The van der Waals surface area contributed by atoms with E-state index < -0.39 is 22.9 Å². The zero-order chi connectivity index (χ0) is 15.1. The van der Waals surface area contributed by atoms with E-state index in [9.17, 15) is 19.7 Å². The predicted octanol–water partition coefficient (Wildman–Crippen LogP) is 1.21. The number of nitrogens with one attached hydrogen (secondary N) is 1.